The highest BCUT2D eigenvalue weighted by atomic mass is 16.5. The second kappa shape index (κ2) is 7.60. The molecule has 21 heavy (non-hydrogen) atoms. The van der Waals surface area contributed by atoms with Crippen molar-refractivity contribution in [2.45, 2.75) is 58.7 Å². The zero-order valence-corrected chi connectivity index (χ0v) is 13.9. The van der Waals surface area contributed by atoms with Gasteiger partial charge in [0.25, 0.3) is 0 Å². The minimum atomic E-state index is -0.372. The van der Waals surface area contributed by atoms with Gasteiger partial charge in [-0.05, 0) is 39.2 Å². The number of esters is 1. The lowest BCUT2D eigenvalue weighted by atomic mass is 9.79. The predicted octanol–water partition coefficient (Wildman–Crippen LogP) is 4.20. The molecule has 0 amide bonds. The summed E-state index contributed by atoms with van der Waals surface area (Å²) in [7, 11) is 1.73. The van der Waals surface area contributed by atoms with E-state index in [2.05, 4.69) is 39.5 Å². The third-order valence-electron chi connectivity index (χ3n) is 4.19. The minimum absolute atomic E-state index is 0.0365. The van der Waals surface area contributed by atoms with E-state index in [-0.39, 0.29) is 23.6 Å². The number of hydrogen-bond donors (Lipinski definition) is 0. The topological polar surface area (TPSA) is 35.5 Å². The number of carbonyl (C=O) groups excluding carboxylic acids is 1. The van der Waals surface area contributed by atoms with Crippen LogP contribution in [0.3, 0.4) is 0 Å². The van der Waals surface area contributed by atoms with Crippen LogP contribution in [0.4, 0.5) is 0 Å². The SMILES string of the molecule is C=CC1=CC[C@H](OC(C)=O)[C@H]1[C@@](C)(CCC=C(C)C)OC. The summed E-state index contributed by atoms with van der Waals surface area (Å²) in [4.78, 5) is 11.3. The number of ether oxygens (including phenoxy) is 2. The third kappa shape index (κ3) is 4.57. The van der Waals surface area contributed by atoms with Gasteiger partial charge in [0.2, 0.25) is 0 Å². The molecule has 0 unspecified atom stereocenters. The highest BCUT2D eigenvalue weighted by molar-refractivity contribution is 5.66. The second-order valence-electron chi connectivity index (χ2n) is 6.11. The molecule has 0 bridgehead atoms. The first-order chi connectivity index (χ1) is 9.84. The zero-order chi connectivity index (χ0) is 16.0. The fourth-order valence-electron chi connectivity index (χ4n) is 3.05. The lowest BCUT2D eigenvalue weighted by molar-refractivity contribution is -0.153. The fraction of sp³-hybridized carbons (Fsp3) is 0.611. The van der Waals surface area contributed by atoms with Crippen molar-refractivity contribution in [1.82, 2.24) is 0 Å². The Morgan fingerprint density at radius 2 is 2.14 bits per heavy atom. The molecule has 0 N–H and O–H groups in total. The van der Waals surface area contributed by atoms with Crippen LogP contribution in [0, 0.1) is 5.92 Å². The molecule has 3 heteroatoms. The number of allylic oxidation sites excluding steroid dienone is 3. The zero-order valence-electron chi connectivity index (χ0n) is 13.9. The summed E-state index contributed by atoms with van der Waals surface area (Å²) in [5.74, 6) is -0.207. The Hall–Kier alpha value is -1.35. The summed E-state index contributed by atoms with van der Waals surface area (Å²) in [6.07, 6.45) is 8.56. The van der Waals surface area contributed by atoms with Gasteiger partial charge in [-0.3, -0.25) is 4.79 Å². The Morgan fingerprint density at radius 3 is 2.62 bits per heavy atom. The van der Waals surface area contributed by atoms with Crippen LogP contribution in [0.25, 0.3) is 0 Å². The van der Waals surface area contributed by atoms with E-state index in [1.54, 1.807) is 7.11 Å². The molecule has 1 aliphatic rings. The van der Waals surface area contributed by atoms with Crippen molar-refractivity contribution in [1.29, 1.82) is 0 Å². The Morgan fingerprint density at radius 1 is 1.48 bits per heavy atom. The quantitative estimate of drug-likeness (QED) is 0.521. The van der Waals surface area contributed by atoms with E-state index in [4.69, 9.17) is 9.47 Å². The monoisotopic (exact) mass is 292 g/mol. The average Bonchev–Trinajstić information content (AvgIpc) is 2.80. The van der Waals surface area contributed by atoms with Crippen molar-refractivity contribution >= 4 is 5.97 Å². The molecule has 0 aliphatic heterocycles. The molecule has 1 aliphatic carbocycles. The molecule has 0 heterocycles. The Bertz CT molecular complexity index is 443. The maximum atomic E-state index is 11.3. The van der Waals surface area contributed by atoms with Gasteiger partial charge in [0.05, 0.1) is 5.60 Å². The van der Waals surface area contributed by atoms with Crippen LogP contribution >= 0.6 is 0 Å². The molecular formula is C18H28O3. The van der Waals surface area contributed by atoms with Gasteiger partial charge in [0.15, 0.2) is 0 Å². The van der Waals surface area contributed by atoms with Crippen LogP contribution in [-0.2, 0) is 14.3 Å². The summed E-state index contributed by atoms with van der Waals surface area (Å²) < 4.78 is 11.3. The largest absolute Gasteiger partial charge is 0.461 e. The van der Waals surface area contributed by atoms with Crippen molar-refractivity contribution in [3.63, 3.8) is 0 Å². The average molecular weight is 292 g/mol. The van der Waals surface area contributed by atoms with Gasteiger partial charge in [-0.25, -0.2) is 0 Å². The molecule has 3 atom stereocenters. The predicted molar refractivity (Wildman–Crippen MR) is 86.0 cm³/mol. The number of methoxy groups -OCH3 is 1. The second-order valence-corrected chi connectivity index (χ2v) is 6.11. The molecule has 0 aromatic rings. The molecule has 1 rings (SSSR count). The first kappa shape index (κ1) is 17.7. The van der Waals surface area contributed by atoms with E-state index in [0.717, 1.165) is 24.8 Å². The van der Waals surface area contributed by atoms with E-state index >= 15 is 0 Å². The van der Waals surface area contributed by atoms with Crippen molar-refractivity contribution in [3.8, 4) is 0 Å². The van der Waals surface area contributed by atoms with Crippen molar-refractivity contribution in [2.75, 3.05) is 7.11 Å². The molecule has 0 saturated heterocycles. The van der Waals surface area contributed by atoms with Gasteiger partial charge >= 0.3 is 5.97 Å². The number of rotatable bonds is 7. The molecular weight excluding hydrogens is 264 g/mol. The van der Waals surface area contributed by atoms with Crippen LogP contribution in [0.2, 0.25) is 0 Å². The smallest absolute Gasteiger partial charge is 0.302 e. The Kier molecular flexibility index (Phi) is 6.41. The standard InChI is InChI=1S/C18H28O3/c1-7-15-10-11-16(21-14(4)19)17(15)18(5,20-6)12-8-9-13(2)3/h7,9-10,16-17H,1,8,11-12H2,2-6H3/t16-,17-,18+/m0/s1. The van der Waals surface area contributed by atoms with Crippen molar-refractivity contribution in [2.24, 2.45) is 5.92 Å². The minimum Gasteiger partial charge on any atom is -0.461 e. The molecule has 0 spiro atoms. The summed E-state index contributed by atoms with van der Waals surface area (Å²) in [6.45, 7) is 11.6. The van der Waals surface area contributed by atoms with E-state index in [1.807, 2.05) is 6.08 Å². The normalized spacial score (nSPS) is 24.0. The van der Waals surface area contributed by atoms with Gasteiger partial charge < -0.3 is 9.47 Å². The highest BCUT2D eigenvalue weighted by Gasteiger charge is 2.44. The first-order valence-corrected chi connectivity index (χ1v) is 7.52. The molecule has 0 saturated carbocycles. The van der Waals surface area contributed by atoms with Gasteiger partial charge in [0, 0.05) is 26.4 Å². The van der Waals surface area contributed by atoms with E-state index in [1.165, 1.54) is 12.5 Å². The highest BCUT2D eigenvalue weighted by Crippen LogP contribution is 2.41. The first-order valence-electron chi connectivity index (χ1n) is 7.52. The molecule has 118 valence electrons. The lowest BCUT2D eigenvalue weighted by Crippen LogP contribution is -2.43. The molecule has 0 radical (unpaired) electrons. The van der Waals surface area contributed by atoms with E-state index in [0.29, 0.717) is 0 Å². The van der Waals surface area contributed by atoms with Gasteiger partial charge in [0.1, 0.15) is 6.10 Å². The van der Waals surface area contributed by atoms with Crippen LogP contribution in [0.1, 0.15) is 47.0 Å². The molecule has 0 aromatic heterocycles. The molecule has 0 aromatic carbocycles. The van der Waals surface area contributed by atoms with Crippen molar-refractivity contribution < 1.29 is 14.3 Å². The fourth-order valence-corrected chi connectivity index (χ4v) is 3.05. The molecule has 3 nitrogen and oxygen atoms in total. The van der Waals surface area contributed by atoms with E-state index in [9.17, 15) is 4.79 Å². The summed E-state index contributed by atoms with van der Waals surface area (Å²) in [5.41, 5.74) is 2.04. The van der Waals surface area contributed by atoms with Crippen LogP contribution < -0.4 is 0 Å². The summed E-state index contributed by atoms with van der Waals surface area (Å²) in [5, 5.41) is 0. The maximum Gasteiger partial charge on any atom is 0.302 e. The van der Waals surface area contributed by atoms with E-state index < -0.39 is 0 Å². The number of carbonyl (C=O) groups is 1. The molecule has 0 fully saturated rings. The van der Waals surface area contributed by atoms with Crippen LogP contribution in [-0.4, -0.2) is 24.8 Å². The Labute approximate surface area is 128 Å². The van der Waals surface area contributed by atoms with Crippen molar-refractivity contribution in [3.05, 3.63) is 36.0 Å². The van der Waals surface area contributed by atoms with Gasteiger partial charge in [-0.1, -0.05) is 30.4 Å². The van der Waals surface area contributed by atoms with Gasteiger partial charge in [-0.15, -0.1) is 0 Å². The maximum absolute atomic E-state index is 11.3. The third-order valence-corrected chi connectivity index (χ3v) is 4.19. The van der Waals surface area contributed by atoms with Gasteiger partial charge in [-0.2, -0.15) is 0 Å². The van der Waals surface area contributed by atoms with Crippen LogP contribution in [0.5, 0.6) is 0 Å². The summed E-state index contributed by atoms with van der Waals surface area (Å²) in [6, 6.07) is 0. The van der Waals surface area contributed by atoms with Crippen LogP contribution in [0.15, 0.2) is 36.0 Å². The number of hydrogen-bond acceptors (Lipinski definition) is 3. The lowest BCUT2D eigenvalue weighted by Gasteiger charge is -2.38. The summed E-state index contributed by atoms with van der Waals surface area (Å²) >= 11 is 0. The Balaban J connectivity index is 2.95.